The van der Waals surface area contributed by atoms with Gasteiger partial charge in [0.15, 0.2) is 11.5 Å². The van der Waals surface area contributed by atoms with E-state index in [0.717, 1.165) is 72.1 Å². The van der Waals surface area contributed by atoms with Crippen LogP contribution in [0, 0.1) is 0 Å². The summed E-state index contributed by atoms with van der Waals surface area (Å²) in [6, 6.07) is 10.1. The molecule has 8 heteroatoms. The Morgan fingerprint density at radius 3 is 2.77 bits per heavy atom. The third-order valence-electron chi connectivity index (χ3n) is 6.41. The van der Waals surface area contributed by atoms with Gasteiger partial charge in [0.25, 0.3) is 0 Å². The van der Waals surface area contributed by atoms with Crippen molar-refractivity contribution in [2.45, 2.75) is 24.9 Å². The Hall–Kier alpha value is -3.39. The van der Waals surface area contributed by atoms with Crippen molar-refractivity contribution in [3.8, 4) is 22.8 Å². The number of fused-ring (bicyclic) bond motifs is 3. The van der Waals surface area contributed by atoms with Crippen molar-refractivity contribution in [1.29, 1.82) is 0 Å². The molecule has 0 saturated carbocycles. The lowest BCUT2D eigenvalue weighted by molar-refractivity contribution is -0.0800. The minimum absolute atomic E-state index is 0.267. The van der Waals surface area contributed by atoms with Crippen molar-refractivity contribution in [2.24, 2.45) is 0 Å². The summed E-state index contributed by atoms with van der Waals surface area (Å²) in [6.07, 6.45) is 6.27. The minimum atomic E-state index is -0.367. The first-order chi connectivity index (χ1) is 15.2. The van der Waals surface area contributed by atoms with E-state index in [2.05, 4.69) is 32.0 Å². The molecule has 1 saturated heterocycles. The van der Waals surface area contributed by atoms with Crippen molar-refractivity contribution in [1.82, 2.24) is 15.0 Å². The molecule has 0 bridgehead atoms. The highest BCUT2D eigenvalue weighted by molar-refractivity contribution is 5.68. The summed E-state index contributed by atoms with van der Waals surface area (Å²) in [7, 11) is 0. The quantitative estimate of drug-likeness (QED) is 0.680. The molecule has 3 aliphatic rings. The standard InChI is InChI=1S/C23H23N5O3/c24-22-26-13-16-4-10-31-23(21(16)27-22)5-8-28(9-6-23)17-3-7-25-18(12-17)15-1-2-19-20(11-15)30-14-29-19/h1-3,7,11-13H,4-6,8-10,14H2,(H2,24,26,27). The molecule has 2 aromatic heterocycles. The number of pyridine rings is 1. The van der Waals surface area contributed by atoms with E-state index < -0.39 is 0 Å². The maximum Gasteiger partial charge on any atom is 0.231 e. The van der Waals surface area contributed by atoms with Gasteiger partial charge in [-0.05, 0) is 55.2 Å². The van der Waals surface area contributed by atoms with Crippen LogP contribution >= 0.6 is 0 Å². The van der Waals surface area contributed by atoms with Crippen LogP contribution in [0.4, 0.5) is 11.6 Å². The largest absolute Gasteiger partial charge is 0.454 e. The third-order valence-corrected chi connectivity index (χ3v) is 6.41. The van der Waals surface area contributed by atoms with Crippen LogP contribution in [-0.2, 0) is 16.8 Å². The Kier molecular flexibility index (Phi) is 4.21. The van der Waals surface area contributed by atoms with Crippen molar-refractivity contribution in [2.75, 3.05) is 37.1 Å². The van der Waals surface area contributed by atoms with E-state index in [0.29, 0.717) is 12.6 Å². The Balaban J connectivity index is 1.24. The van der Waals surface area contributed by atoms with Gasteiger partial charge in [-0.25, -0.2) is 9.97 Å². The summed E-state index contributed by atoms with van der Waals surface area (Å²) in [5.74, 6) is 1.85. The lowest BCUT2D eigenvalue weighted by Gasteiger charge is -2.44. The maximum atomic E-state index is 6.30. The molecule has 0 aliphatic carbocycles. The smallest absolute Gasteiger partial charge is 0.231 e. The Morgan fingerprint density at radius 1 is 1.00 bits per heavy atom. The molecule has 5 heterocycles. The molecule has 31 heavy (non-hydrogen) atoms. The topological polar surface area (TPSA) is 95.6 Å². The second-order valence-corrected chi connectivity index (χ2v) is 8.15. The van der Waals surface area contributed by atoms with E-state index in [9.17, 15) is 0 Å². The number of rotatable bonds is 2. The highest BCUT2D eigenvalue weighted by Gasteiger charge is 2.42. The summed E-state index contributed by atoms with van der Waals surface area (Å²) in [5, 5.41) is 0. The highest BCUT2D eigenvalue weighted by Crippen LogP contribution is 2.42. The summed E-state index contributed by atoms with van der Waals surface area (Å²) in [6.45, 7) is 2.70. The Labute approximate surface area is 180 Å². The van der Waals surface area contributed by atoms with Crippen LogP contribution < -0.4 is 20.1 Å². The van der Waals surface area contributed by atoms with Crippen LogP contribution in [0.5, 0.6) is 11.5 Å². The van der Waals surface area contributed by atoms with Crippen molar-refractivity contribution >= 4 is 11.6 Å². The molecular formula is C23H23N5O3. The number of nitrogens with two attached hydrogens (primary N) is 1. The van der Waals surface area contributed by atoms with Gasteiger partial charge in [0, 0.05) is 36.7 Å². The Morgan fingerprint density at radius 2 is 1.87 bits per heavy atom. The highest BCUT2D eigenvalue weighted by atomic mass is 16.7. The van der Waals surface area contributed by atoms with E-state index in [1.165, 1.54) is 0 Å². The zero-order valence-electron chi connectivity index (χ0n) is 17.1. The van der Waals surface area contributed by atoms with Gasteiger partial charge < -0.3 is 24.8 Å². The maximum absolute atomic E-state index is 6.30. The van der Waals surface area contributed by atoms with Crippen molar-refractivity contribution in [3.63, 3.8) is 0 Å². The molecule has 8 nitrogen and oxygen atoms in total. The fraction of sp³-hybridized carbons (Fsp3) is 0.348. The summed E-state index contributed by atoms with van der Waals surface area (Å²) < 4.78 is 17.2. The van der Waals surface area contributed by atoms with E-state index in [1.807, 2.05) is 30.6 Å². The van der Waals surface area contributed by atoms with Crippen LogP contribution in [-0.4, -0.2) is 41.4 Å². The zero-order chi connectivity index (χ0) is 20.8. The lowest BCUT2D eigenvalue weighted by atomic mass is 9.83. The molecule has 0 amide bonds. The van der Waals surface area contributed by atoms with Gasteiger partial charge in [0.2, 0.25) is 12.7 Å². The summed E-state index contributed by atoms with van der Waals surface area (Å²) in [5.41, 5.74) is 10.7. The van der Waals surface area contributed by atoms with Crippen molar-refractivity contribution < 1.29 is 14.2 Å². The molecule has 6 rings (SSSR count). The van der Waals surface area contributed by atoms with Crippen LogP contribution in [0.15, 0.2) is 42.7 Å². The van der Waals surface area contributed by atoms with Crippen molar-refractivity contribution in [3.05, 3.63) is 54.0 Å². The molecule has 3 aromatic rings. The minimum Gasteiger partial charge on any atom is -0.454 e. The van der Waals surface area contributed by atoms with Crippen LogP contribution in [0.3, 0.4) is 0 Å². The number of hydrogen-bond acceptors (Lipinski definition) is 8. The average molecular weight is 417 g/mol. The lowest BCUT2D eigenvalue weighted by Crippen LogP contribution is -2.47. The van der Waals surface area contributed by atoms with E-state index in [-0.39, 0.29) is 12.4 Å². The first-order valence-electron chi connectivity index (χ1n) is 10.6. The van der Waals surface area contributed by atoms with Gasteiger partial charge in [0.05, 0.1) is 18.0 Å². The number of nitrogen functional groups attached to an aromatic ring is 1. The molecule has 1 aromatic carbocycles. The van der Waals surface area contributed by atoms with Gasteiger partial charge in [0.1, 0.15) is 5.60 Å². The average Bonchev–Trinajstić information content (AvgIpc) is 3.28. The zero-order valence-corrected chi connectivity index (χ0v) is 17.1. The molecule has 0 atom stereocenters. The normalized spacial score (nSPS) is 18.8. The SMILES string of the molecule is Nc1ncc2c(n1)C1(CCN(c3ccnc(-c4ccc5c(c4)OCO5)c3)CC1)OCC2. The van der Waals surface area contributed by atoms with E-state index >= 15 is 0 Å². The summed E-state index contributed by atoms with van der Waals surface area (Å²) >= 11 is 0. The second-order valence-electron chi connectivity index (χ2n) is 8.15. The first kappa shape index (κ1) is 18.4. The number of anilines is 2. The fourth-order valence-corrected chi connectivity index (χ4v) is 4.76. The van der Waals surface area contributed by atoms with Gasteiger partial charge in [-0.3, -0.25) is 4.98 Å². The molecule has 3 aliphatic heterocycles. The first-order valence-corrected chi connectivity index (χ1v) is 10.6. The van der Waals surface area contributed by atoms with Gasteiger partial charge in [-0.2, -0.15) is 0 Å². The predicted molar refractivity (Wildman–Crippen MR) is 115 cm³/mol. The molecule has 1 fully saturated rings. The van der Waals surface area contributed by atoms with Crippen LogP contribution in [0.1, 0.15) is 24.1 Å². The molecule has 158 valence electrons. The number of aromatic nitrogens is 3. The second kappa shape index (κ2) is 7.09. The molecular weight excluding hydrogens is 394 g/mol. The third kappa shape index (κ3) is 3.14. The van der Waals surface area contributed by atoms with Crippen LogP contribution in [0.25, 0.3) is 11.3 Å². The summed E-state index contributed by atoms with van der Waals surface area (Å²) in [4.78, 5) is 15.7. The molecule has 1 spiro atoms. The van der Waals surface area contributed by atoms with Gasteiger partial charge in [-0.15, -0.1) is 0 Å². The fourth-order valence-electron chi connectivity index (χ4n) is 4.76. The van der Waals surface area contributed by atoms with Crippen LogP contribution in [0.2, 0.25) is 0 Å². The van der Waals surface area contributed by atoms with Gasteiger partial charge >= 0.3 is 0 Å². The van der Waals surface area contributed by atoms with E-state index in [4.69, 9.17) is 19.9 Å². The number of ether oxygens (including phenoxy) is 3. The van der Waals surface area contributed by atoms with E-state index in [1.54, 1.807) is 0 Å². The molecule has 0 radical (unpaired) electrons. The number of nitrogens with zero attached hydrogens (tertiary/aromatic N) is 4. The number of piperidine rings is 1. The number of hydrogen-bond donors (Lipinski definition) is 1. The number of benzene rings is 1. The Bertz CT molecular complexity index is 1140. The molecule has 2 N–H and O–H groups in total. The monoisotopic (exact) mass is 417 g/mol. The predicted octanol–water partition coefficient (Wildman–Crippen LogP) is 2.92. The van der Waals surface area contributed by atoms with Gasteiger partial charge in [-0.1, -0.05) is 0 Å². The molecule has 0 unspecified atom stereocenters.